The van der Waals surface area contributed by atoms with Crippen LogP contribution in [0.3, 0.4) is 0 Å². The lowest BCUT2D eigenvalue weighted by Gasteiger charge is -2.09. The van der Waals surface area contributed by atoms with Crippen molar-refractivity contribution in [3.05, 3.63) is 71.6 Å². The van der Waals surface area contributed by atoms with Crippen LogP contribution in [0.5, 0.6) is 0 Å². The monoisotopic (exact) mass is 392 g/mol. The van der Waals surface area contributed by atoms with Crippen molar-refractivity contribution in [2.24, 2.45) is 5.92 Å². The highest BCUT2D eigenvalue weighted by Gasteiger charge is 2.29. The van der Waals surface area contributed by atoms with Gasteiger partial charge in [-0.3, -0.25) is 14.6 Å². The predicted molar refractivity (Wildman–Crippen MR) is 108 cm³/mol. The molecule has 2 N–H and O–H groups in total. The lowest BCUT2D eigenvalue weighted by Crippen LogP contribution is -2.16. The number of carbonyl (C=O) groups is 2. The van der Waals surface area contributed by atoms with Gasteiger partial charge >= 0.3 is 0 Å². The van der Waals surface area contributed by atoms with Gasteiger partial charge < -0.3 is 10.6 Å². The Morgan fingerprint density at radius 1 is 1.04 bits per heavy atom. The van der Waals surface area contributed by atoms with E-state index in [0.717, 1.165) is 24.0 Å². The van der Waals surface area contributed by atoms with Crippen molar-refractivity contribution < 1.29 is 9.59 Å². The fraction of sp³-hybridized carbons (Fsp3) is 0.143. The van der Waals surface area contributed by atoms with Gasteiger partial charge in [-0.2, -0.15) is 0 Å². The summed E-state index contributed by atoms with van der Waals surface area (Å²) in [6.07, 6.45) is 6.56. The summed E-state index contributed by atoms with van der Waals surface area (Å²) >= 11 is 6.24. The molecule has 6 nitrogen and oxygen atoms in total. The minimum Gasteiger partial charge on any atom is -0.321 e. The first-order valence-corrected chi connectivity index (χ1v) is 9.26. The van der Waals surface area contributed by atoms with Crippen LogP contribution in [0.2, 0.25) is 5.02 Å². The van der Waals surface area contributed by atoms with Gasteiger partial charge in [-0.1, -0.05) is 29.8 Å². The first-order chi connectivity index (χ1) is 13.6. The Hall–Kier alpha value is -3.25. The van der Waals surface area contributed by atoms with Gasteiger partial charge in [-0.05, 0) is 37.1 Å². The lowest BCUT2D eigenvalue weighted by molar-refractivity contribution is -0.117. The molecule has 2 heterocycles. The summed E-state index contributed by atoms with van der Waals surface area (Å²) in [6.45, 7) is 0. The van der Waals surface area contributed by atoms with Gasteiger partial charge in [-0.15, -0.1) is 0 Å². The van der Waals surface area contributed by atoms with Gasteiger partial charge in [0, 0.05) is 40.0 Å². The summed E-state index contributed by atoms with van der Waals surface area (Å²) in [5.41, 5.74) is 2.57. The molecule has 0 atom stereocenters. The quantitative estimate of drug-likeness (QED) is 0.674. The molecule has 0 saturated heterocycles. The zero-order valence-electron chi connectivity index (χ0n) is 14.9. The number of benzene rings is 1. The number of pyridine rings is 2. The maximum atomic E-state index is 12.6. The van der Waals surface area contributed by atoms with Crippen LogP contribution in [0.4, 0.5) is 11.5 Å². The highest BCUT2D eigenvalue weighted by molar-refractivity contribution is 6.33. The average Bonchev–Trinajstić information content (AvgIpc) is 3.54. The van der Waals surface area contributed by atoms with Gasteiger partial charge in [0.15, 0.2) is 0 Å². The summed E-state index contributed by atoms with van der Waals surface area (Å²) in [4.78, 5) is 32.8. The third kappa shape index (κ3) is 4.18. The van der Waals surface area contributed by atoms with Crippen LogP contribution in [0.15, 0.2) is 61.1 Å². The van der Waals surface area contributed by atoms with Crippen LogP contribution < -0.4 is 10.6 Å². The van der Waals surface area contributed by atoms with E-state index in [2.05, 4.69) is 20.6 Å². The van der Waals surface area contributed by atoms with Crippen molar-refractivity contribution in [1.29, 1.82) is 0 Å². The number of anilines is 2. The molecule has 0 aliphatic heterocycles. The van der Waals surface area contributed by atoms with Crippen molar-refractivity contribution in [3.8, 4) is 11.1 Å². The van der Waals surface area contributed by atoms with Gasteiger partial charge in [0.2, 0.25) is 5.91 Å². The number of halogens is 1. The van der Waals surface area contributed by atoms with Crippen LogP contribution in [-0.2, 0) is 4.79 Å². The third-order valence-electron chi connectivity index (χ3n) is 4.40. The second kappa shape index (κ2) is 7.78. The molecule has 1 aromatic carbocycles. The number of amides is 2. The average molecular weight is 393 g/mol. The molecular weight excluding hydrogens is 376 g/mol. The maximum Gasteiger partial charge on any atom is 0.255 e. The number of hydrogen-bond donors (Lipinski definition) is 2. The van der Waals surface area contributed by atoms with Gasteiger partial charge in [0.25, 0.3) is 5.91 Å². The summed E-state index contributed by atoms with van der Waals surface area (Å²) in [6, 6.07) is 12.4. The van der Waals surface area contributed by atoms with Crippen LogP contribution in [-0.4, -0.2) is 21.8 Å². The Labute approximate surface area is 167 Å². The first-order valence-electron chi connectivity index (χ1n) is 8.88. The molecule has 7 heteroatoms. The molecular formula is C21H17ClN4O2. The largest absolute Gasteiger partial charge is 0.321 e. The zero-order valence-corrected chi connectivity index (χ0v) is 15.6. The summed E-state index contributed by atoms with van der Waals surface area (Å²) in [5, 5.41) is 6.17. The topological polar surface area (TPSA) is 84.0 Å². The Balaban J connectivity index is 1.50. The standard InChI is InChI=1S/C21H17ClN4O2/c22-18-4-2-1-3-17(18)15-9-16(12-23-11-15)25-21(28)14-7-8-24-19(10-14)26-20(27)13-5-6-13/h1-4,7-13H,5-6H2,(H,25,28)(H,24,26,27). The van der Waals surface area contributed by atoms with Gasteiger partial charge in [0.1, 0.15) is 5.82 Å². The van der Waals surface area contributed by atoms with E-state index in [1.165, 1.54) is 6.20 Å². The fourth-order valence-electron chi connectivity index (χ4n) is 2.77. The molecule has 2 aromatic heterocycles. The predicted octanol–water partition coefficient (Wildman–Crippen LogP) is 4.40. The normalized spacial score (nSPS) is 13.0. The molecule has 2 amide bonds. The van der Waals surface area contributed by atoms with E-state index in [0.29, 0.717) is 22.1 Å². The van der Waals surface area contributed by atoms with Crippen molar-refractivity contribution in [3.63, 3.8) is 0 Å². The van der Waals surface area contributed by atoms with E-state index in [-0.39, 0.29) is 17.7 Å². The van der Waals surface area contributed by atoms with E-state index in [4.69, 9.17) is 11.6 Å². The lowest BCUT2D eigenvalue weighted by atomic mass is 10.1. The van der Waals surface area contributed by atoms with Gasteiger partial charge in [0.05, 0.1) is 11.9 Å². The van der Waals surface area contributed by atoms with E-state index < -0.39 is 0 Å². The van der Waals surface area contributed by atoms with E-state index in [9.17, 15) is 9.59 Å². The van der Waals surface area contributed by atoms with Crippen molar-refractivity contribution >= 4 is 34.9 Å². The van der Waals surface area contributed by atoms with E-state index in [1.807, 2.05) is 24.3 Å². The summed E-state index contributed by atoms with van der Waals surface area (Å²) in [5.74, 6) is 0.0644. The first kappa shape index (κ1) is 18.1. The summed E-state index contributed by atoms with van der Waals surface area (Å²) < 4.78 is 0. The Bertz CT molecular complexity index is 1050. The van der Waals surface area contributed by atoms with Crippen molar-refractivity contribution in [2.75, 3.05) is 10.6 Å². The van der Waals surface area contributed by atoms with E-state index in [1.54, 1.807) is 30.6 Å². The molecule has 3 aromatic rings. The minimum atomic E-state index is -0.317. The molecule has 1 saturated carbocycles. The molecule has 1 aliphatic rings. The third-order valence-corrected chi connectivity index (χ3v) is 4.73. The number of nitrogens with zero attached hydrogens (tertiary/aromatic N) is 2. The second-order valence-electron chi connectivity index (χ2n) is 6.59. The number of rotatable bonds is 5. The molecule has 1 fully saturated rings. The van der Waals surface area contributed by atoms with Crippen LogP contribution in [0, 0.1) is 5.92 Å². The smallest absolute Gasteiger partial charge is 0.255 e. The minimum absolute atomic E-state index is 0.0540. The maximum absolute atomic E-state index is 12.6. The SMILES string of the molecule is O=C(Nc1cncc(-c2ccccc2Cl)c1)c1ccnc(NC(=O)C2CC2)c1. The van der Waals surface area contributed by atoms with E-state index >= 15 is 0 Å². The summed E-state index contributed by atoms with van der Waals surface area (Å²) in [7, 11) is 0. The number of carbonyl (C=O) groups excluding carboxylic acids is 2. The molecule has 0 unspecified atom stereocenters. The van der Waals surface area contributed by atoms with Gasteiger partial charge in [-0.25, -0.2) is 4.98 Å². The Morgan fingerprint density at radius 3 is 2.64 bits per heavy atom. The highest BCUT2D eigenvalue weighted by atomic mass is 35.5. The zero-order chi connectivity index (χ0) is 19.5. The molecule has 0 spiro atoms. The molecule has 0 bridgehead atoms. The molecule has 0 radical (unpaired) electrons. The highest BCUT2D eigenvalue weighted by Crippen LogP contribution is 2.30. The molecule has 28 heavy (non-hydrogen) atoms. The molecule has 4 rings (SSSR count). The molecule has 140 valence electrons. The van der Waals surface area contributed by atoms with Crippen molar-refractivity contribution in [2.45, 2.75) is 12.8 Å². The number of hydrogen-bond acceptors (Lipinski definition) is 4. The van der Waals surface area contributed by atoms with Crippen LogP contribution >= 0.6 is 11.6 Å². The van der Waals surface area contributed by atoms with Crippen LogP contribution in [0.1, 0.15) is 23.2 Å². The molecule has 1 aliphatic carbocycles. The number of aromatic nitrogens is 2. The Morgan fingerprint density at radius 2 is 1.86 bits per heavy atom. The number of nitrogens with one attached hydrogen (secondary N) is 2. The van der Waals surface area contributed by atoms with Crippen LogP contribution in [0.25, 0.3) is 11.1 Å². The fourth-order valence-corrected chi connectivity index (χ4v) is 3.01. The second-order valence-corrected chi connectivity index (χ2v) is 7.00. The Kier molecular flexibility index (Phi) is 5.04. The van der Waals surface area contributed by atoms with Crippen molar-refractivity contribution in [1.82, 2.24) is 9.97 Å².